The highest BCUT2D eigenvalue weighted by Gasteiger charge is 2.17. The maximum absolute atomic E-state index is 11.3. The van der Waals surface area contributed by atoms with E-state index in [0.29, 0.717) is 45.5 Å². The molecule has 0 atom stereocenters. The van der Waals surface area contributed by atoms with Crippen molar-refractivity contribution in [1.82, 2.24) is 25.6 Å². The lowest BCUT2D eigenvalue weighted by molar-refractivity contribution is 0.0945. The molecule has 376 valence electrons. The third-order valence-electron chi connectivity index (χ3n) is 10.8. The van der Waals surface area contributed by atoms with Gasteiger partial charge in [-0.15, -0.1) is 0 Å². The summed E-state index contributed by atoms with van der Waals surface area (Å²) in [6, 6.07) is 47.4. The van der Waals surface area contributed by atoms with E-state index >= 15 is 0 Å². The predicted molar refractivity (Wildman–Crippen MR) is 308 cm³/mol. The SMILES string of the molecule is COC(=O)NCCc1ccccc1Br.N#Cc1cccc2c(=O)[nH]ccc12.N#Cc1cccc2c(Cl)nccc12.NCCc1ccccc1Br.O=C1NCCc2c(Br)cccc21.O=c1[nH]ccc2c(Br)cccc12. The van der Waals surface area contributed by atoms with Crippen molar-refractivity contribution in [2.24, 2.45) is 5.73 Å². The van der Waals surface area contributed by atoms with Gasteiger partial charge in [-0.25, -0.2) is 9.78 Å². The largest absolute Gasteiger partial charge is 0.453 e. The van der Waals surface area contributed by atoms with Crippen LogP contribution in [0.5, 0.6) is 0 Å². The second-order valence-corrected chi connectivity index (χ2v) is 19.2. The molecule has 0 unspecified atom stereocenters. The Morgan fingerprint density at radius 1 is 0.649 bits per heavy atom. The molecule has 3 aromatic heterocycles. The van der Waals surface area contributed by atoms with E-state index in [2.05, 4.69) is 106 Å². The van der Waals surface area contributed by atoms with Gasteiger partial charge >= 0.3 is 6.09 Å². The van der Waals surface area contributed by atoms with E-state index in [-0.39, 0.29) is 17.0 Å². The number of aromatic nitrogens is 3. The van der Waals surface area contributed by atoms with E-state index in [1.807, 2.05) is 91.0 Å². The Bertz CT molecular complexity index is 3580. The second-order valence-electron chi connectivity index (χ2n) is 15.5. The van der Waals surface area contributed by atoms with Crippen molar-refractivity contribution in [3.63, 3.8) is 0 Å². The summed E-state index contributed by atoms with van der Waals surface area (Å²) in [6.45, 7) is 2.03. The summed E-state index contributed by atoms with van der Waals surface area (Å²) in [5, 5.41) is 28.0. The normalized spacial score (nSPS) is 10.7. The number of ether oxygens (including phenoxy) is 1. The van der Waals surface area contributed by atoms with Crippen LogP contribution in [0.25, 0.3) is 32.3 Å². The van der Waals surface area contributed by atoms with Gasteiger partial charge in [-0.05, 0) is 115 Å². The van der Waals surface area contributed by atoms with E-state index in [1.54, 1.807) is 67.1 Å². The number of carbonyl (C=O) groups is 2. The molecule has 13 nitrogen and oxygen atoms in total. The van der Waals surface area contributed by atoms with Gasteiger partial charge in [0.2, 0.25) is 0 Å². The van der Waals surface area contributed by atoms with E-state index in [0.717, 1.165) is 71.0 Å². The first-order valence-electron chi connectivity index (χ1n) is 22.6. The molecular formula is C56H47Br4ClN8O5. The number of fused-ring (bicyclic) bond motifs is 4. The molecule has 0 aliphatic carbocycles. The summed E-state index contributed by atoms with van der Waals surface area (Å²) >= 11 is 19.6. The smallest absolute Gasteiger partial charge is 0.406 e. The number of nitriles is 2. The van der Waals surface area contributed by atoms with Gasteiger partial charge in [0.1, 0.15) is 5.15 Å². The maximum atomic E-state index is 11.3. The molecular weight excluding hydrogens is 1220 g/mol. The number of pyridine rings is 3. The van der Waals surface area contributed by atoms with E-state index in [9.17, 15) is 19.2 Å². The average molecular weight is 1270 g/mol. The van der Waals surface area contributed by atoms with Crippen LogP contribution in [0.4, 0.5) is 4.79 Å². The first-order valence-corrected chi connectivity index (χ1v) is 26.1. The van der Waals surface area contributed by atoms with Gasteiger partial charge in [0.25, 0.3) is 17.0 Å². The van der Waals surface area contributed by atoms with Crippen molar-refractivity contribution in [1.29, 1.82) is 10.5 Å². The topological polar surface area (TPSA) is 220 Å². The van der Waals surface area contributed by atoms with Crippen LogP contribution in [-0.4, -0.2) is 53.7 Å². The van der Waals surface area contributed by atoms with Crippen LogP contribution in [0, 0.1) is 22.7 Å². The fourth-order valence-corrected chi connectivity index (χ4v) is 9.37. The zero-order valence-electron chi connectivity index (χ0n) is 39.6. The molecule has 9 aromatic rings. The number of H-pyrrole nitrogens is 2. The Morgan fingerprint density at radius 3 is 1.73 bits per heavy atom. The molecule has 2 amide bonds. The molecule has 0 saturated carbocycles. The molecule has 10 rings (SSSR count). The fraction of sp³-hybridized carbons (Fsp3) is 0.125. The van der Waals surface area contributed by atoms with Crippen LogP contribution >= 0.6 is 75.3 Å². The molecule has 1 aliphatic heterocycles. The highest BCUT2D eigenvalue weighted by Crippen LogP contribution is 2.25. The number of rotatable bonds is 5. The van der Waals surface area contributed by atoms with Crippen molar-refractivity contribution >= 4 is 120 Å². The predicted octanol–water partition coefficient (Wildman–Crippen LogP) is 12.5. The molecule has 0 fully saturated rings. The molecule has 74 heavy (non-hydrogen) atoms. The summed E-state index contributed by atoms with van der Waals surface area (Å²) in [6.07, 6.45) is 7.06. The molecule has 6 aromatic carbocycles. The van der Waals surface area contributed by atoms with Crippen LogP contribution < -0.4 is 27.5 Å². The van der Waals surface area contributed by atoms with Gasteiger partial charge in [-0.2, -0.15) is 10.5 Å². The Balaban J connectivity index is 0.000000165. The van der Waals surface area contributed by atoms with Gasteiger partial charge in [0, 0.05) is 87.5 Å². The van der Waals surface area contributed by atoms with Crippen LogP contribution in [0.1, 0.15) is 38.2 Å². The number of benzene rings is 6. The lowest BCUT2D eigenvalue weighted by atomic mass is 10.0. The first-order chi connectivity index (χ1) is 35.8. The van der Waals surface area contributed by atoms with Gasteiger partial charge in [0.15, 0.2) is 0 Å². The Kier molecular flexibility index (Phi) is 23.7. The third kappa shape index (κ3) is 16.8. The van der Waals surface area contributed by atoms with Gasteiger partial charge in [-0.3, -0.25) is 14.4 Å². The second kappa shape index (κ2) is 30.3. The van der Waals surface area contributed by atoms with Crippen molar-refractivity contribution in [3.05, 3.63) is 235 Å². The minimum atomic E-state index is -0.392. The van der Waals surface area contributed by atoms with Crippen LogP contribution in [0.3, 0.4) is 0 Å². The summed E-state index contributed by atoms with van der Waals surface area (Å²) in [5.74, 6) is 0.0394. The number of halogens is 5. The molecule has 4 heterocycles. The van der Waals surface area contributed by atoms with Crippen molar-refractivity contribution in [3.8, 4) is 12.1 Å². The number of carbonyl (C=O) groups excluding carboxylic acids is 2. The number of nitrogens with zero attached hydrogens (tertiary/aromatic N) is 3. The quantitative estimate of drug-likeness (QED) is 0.103. The van der Waals surface area contributed by atoms with Crippen molar-refractivity contribution in [2.75, 3.05) is 26.7 Å². The summed E-state index contributed by atoms with van der Waals surface area (Å²) in [5.41, 5.74) is 10.7. The number of amides is 2. The number of methoxy groups -OCH3 is 1. The Hall–Kier alpha value is -6.96. The molecule has 0 spiro atoms. The summed E-state index contributed by atoms with van der Waals surface area (Å²) in [7, 11) is 1.35. The Labute approximate surface area is 465 Å². The summed E-state index contributed by atoms with van der Waals surface area (Å²) in [4.78, 5) is 53.7. The monoisotopic (exact) mass is 1260 g/mol. The maximum Gasteiger partial charge on any atom is 0.406 e. The molecule has 6 N–H and O–H groups in total. The number of aromatic amines is 2. The number of nitrogens with one attached hydrogen (secondary N) is 4. The minimum absolute atomic E-state index is 0.0394. The van der Waals surface area contributed by atoms with Crippen LogP contribution in [0.15, 0.2) is 186 Å². The minimum Gasteiger partial charge on any atom is -0.453 e. The summed E-state index contributed by atoms with van der Waals surface area (Å²) < 4.78 is 8.66. The lowest BCUT2D eigenvalue weighted by Crippen LogP contribution is -2.31. The molecule has 18 heteroatoms. The number of hydrogen-bond donors (Lipinski definition) is 5. The van der Waals surface area contributed by atoms with E-state index < -0.39 is 6.09 Å². The number of hydrogen-bond acceptors (Lipinski definition) is 9. The lowest BCUT2D eigenvalue weighted by Gasteiger charge is -2.16. The van der Waals surface area contributed by atoms with Crippen LogP contribution in [-0.2, 0) is 24.0 Å². The first kappa shape index (κ1) is 57.9. The highest BCUT2D eigenvalue weighted by atomic mass is 79.9. The molecule has 1 aliphatic rings. The van der Waals surface area contributed by atoms with Crippen LogP contribution in [0.2, 0.25) is 5.15 Å². The van der Waals surface area contributed by atoms with Crippen molar-refractivity contribution in [2.45, 2.75) is 19.3 Å². The zero-order valence-corrected chi connectivity index (χ0v) is 46.7. The zero-order chi connectivity index (χ0) is 53.4. The molecule has 0 bridgehead atoms. The van der Waals surface area contributed by atoms with Crippen molar-refractivity contribution < 1.29 is 14.3 Å². The van der Waals surface area contributed by atoms with E-state index in [4.69, 9.17) is 27.9 Å². The average Bonchev–Trinajstić information content (AvgIpc) is 3.41. The highest BCUT2D eigenvalue weighted by molar-refractivity contribution is 9.11. The van der Waals surface area contributed by atoms with Gasteiger partial charge in [0.05, 0.1) is 30.4 Å². The number of nitrogens with two attached hydrogens (primary N) is 1. The Morgan fingerprint density at radius 2 is 1.16 bits per heavy atom. The van der Waals surface area contributed by atoms with E-state index in [1.165, 1.54) is 18.2 Å². The fourth-order valence-electron chi connectivity index (χ4n) is 7.12. The number of alkyl carbamates (subject to hydrolysis) is 1. The van der Waals surface area contributed by atoms with Gasteiger partial charge < -0.3 is 31.1 Å². The standard InChI is InChI=1S/C10H12BrNO2.C10H5ClN2.C10H6N2O.C9H8BrNO.C9H6BrNO.C8H10BrN/c1-14-10(13)12-7-6-8-4-2-3-5-9(8)11;11-10-9-3-1-2-7(6-12)8(9)4-5-13-10;11-6-7-2-1-3-9-8(7)4-5-12-10(9)13;2*10-8-3-1-2-7-6(8)4-5-11-9(7)12;9-8-4-2-1-3-7(8)5-6-10/h2-5H,6-7H2,1H3,(H,12,13);1-5H;1-5H,(H,12,13);1-3H,4-5H2,(H,11,12);1-5H,(H,11,12);1-4H,5-6,10H2. The molecule has 0 saturated heterocycles. The molecule has 0 radical (unpaired) electrons. The third-order valence-corrected chi connectivity index (χ3v) is 14.1. The van der Waals surface area contributed by atoms with Gasteiger partial charge in [-0.1, -0.05) is 142 Å².